The minimum Gasteiger partial charge on any atom is -0.481 e. The van der Waals surface area contributed by atoms with E-state index in [0.29, 0.717) is 42.9 Å². The van der Waals surface area contributed by atoms with Crippen molar-refractivity contribution in [3.05, 3.63) is 23.8 Å². The number of rotatable bonds is 6. The van der Waals surface area contributed by atoms with Gasteiger partial charge in [0, 0.05) is 17.3 Å². The zero-order valence-electron chi connectivity index (χ0n) is 22.3. The number of carboxylic acids is 1. The maximum atomic E-state index is 12.4. The largest absolute Gasteiger partial charge is 0.481 e. The Morgan fingerprint density at radius 2 is 1.80 bits per heavy atom. The molecule has 5 aliphatic rings. The molecule has 4 saturated carbocycles. The highest BCUT2D eigenvalue weighted by molar-refractivity contribution is 5.76. The Hall–Kier alpha value is -1.17. The van der Waals surface area contributed by atoms with Gasteiger partial charge in [-0.3, -0.25) is 4.79 Å². The van der Waals surface area contributed by atoms with E-state index in [1.807, 2.05) is 0 Å². The average molecular weight is 487 g/mol. The van der Waals surface area contributed by atoms with E-state index in [2.05, 4.69) is 40.3 Å². The molecule has 0 aromatic heterocycles. The molecular weight excluding hydrogens is 440 g/mol. The maximum absolute atomic E-state index is 12.4. The van der Waals surface area contributed by atoms with Crippen LogP contribution in [0.4, 0.5) is 0 Å². The summed E-state index contributed by atoms with van der Waals surface area (Å²) in [6.07, 6.45) is 6.22. The van der Waals surface area contributed by atoms with Crippen molar-refractivity contribution in [3.8, 4) is 0 Å². The molecule has 4 fully saturated rings. The van der Waals surface area contributed by atoms with Crippen molar-refractivity contribution in [2.75, 3.05) is 0 Å². The van der Waals surface area contributed by atoms with Gasteiger partial charge in [0.15, 0.2) is 0 Å². The Kier molecular flexibility index (Phi) is 5.76. The summed E-state index contributed by atoms with van der Waals surface area (Å²) in [5, 5.41) is 44.2. The van der Waals surface area contributed by atoms with Crippen molar-refractivity contribution >= 4 is 5.97 Å². The summed E-state index contributed by atoms with van der Waals surface area (Å²) in [6.45, 7) is 15.1. The second-order valence-corrected chi connectivity index (χ2v) is 13.8. The van der Waals surface area contributed by atoms with Crippen molar-refractivity contribution < 1.29 is 25.2 Å². The molecule has 0 saturated heterocycles. The molecule has 0 aliphatic heterocycles. The standard InChI is InChI=1S/C30H46O5/c1-16(2)17(3)7-8-18(4)19-9-10-20-21-11-12-22-28(6,26(34)35)23(31)13-24(32)30(22)15-29(21,30)25(33)14-27(19,20)5/h11,16,18-20,22-25,31-33H,3,7-10,12-15H2,1-2,4-6H3,(H,34,35)/t18-,19-,20+,22+,23+,24+,25-,27-,28+,29+,30-/m1/s1. The number of hydrogen-bond donors (Lipinski definition) is 4. The first-order valence-electron chi connectivity index (χ1n) is 13.9. The van der Waals surface area contributed by atoms with Crippen molar-refractivity contribution in [1.82, 2.24) is 0 Å². The van der Waals surface area contributed by atoms with Crippen LogP contribution in [0.3, 0.4) is 0 Å². The average Bonchev–Trinajstić information content (AvgIpc) is 3.39. The smallest absolute Gasteiger partial charge is 0.312 e. The fourth-order valence-corrected chi connectivity index (χ4v) is 10.0. The Bertz CT molecular complexity index is 954. The molecule has 196 valence electrons. The van der Waals surface area contributed by atoms with E-state index in [1.54, 1.807) is 6.92 Å². The first-order valence-corrected chi connectivity index (χ1v) is 13.9. The maximum Gasteiger partial charge on any atom is 0.312 e. The number of hydrogen-bond acceptors (Lipinski definition) is 4. The fraction of sp³-hybridized carbons (Fsp3) is 0.833. The highest BCUT2D eigenvalue weighted by Crippen LogP contribution is 2.85. The van der Waals surface area contributed by atoms with Crippen LogP contribution in [0.15, 0.2) is 23.8 Å². The molecular formula is C30H46O5. The summed E-state index contributed by atoms with van der Waals surface area (Å²) in [6, 6.07) is 0. The molecule has 0 bridgehead atoms. The van der Waals surface area contributed by atoms with E-state index in [0.717, 1.165) is 25.7 Å². The SMILES string of the molecule is C=C(CC[C@@H](C)[C@H]1CC[C@H]2C3=CC[C@H]4[C@](C)(C(=O)O)[C@@H](O)C[C@H](O)[C@@]45C[C@@]35[C@H](O)C[C@]12C)C(C)C. The van der Waals surface area contributed by atoms with Gasteiger partial charge in [-0.1, -0.05) is 51.5 Å². The minimum absolute atomic E-state index is 0.0148. The molecule has 0 unspecified atom stereocenters. The lowest BCUT2D eigenvalue weighted by atomic mass is 9.47. The molecule has 2 spiro atoms. The highest BCUT2D eigenvalue weighted by atomic mass is 16.4. The van der Waals surface area contributed by atoms with Crippen LogP contribution in [-0.2, 0) is 4.79 Å². The first kappa shape index (κ1) is 25.5. The van der Waals surface area contributed by atoms with Crippen LogP contribution in [-0.4, -0.2) is 44.7 Å². The predicted molar refractivity (Wildman–Crippen MR) is 135 cm³/mol. The number of aliphatic carboxylic acids is 1. The number of aliphatic hydroxyl groups excluding tert-OH is 3. The van der Waals surface area contributed by atoms with E-state index in [4.69, 9.17) is 0 Å². The summed E-state index contributed by atoms with van der Waals surface area (Å²) in [5.41, 5.74) is 0.163. The molecule has 0 amide bonds. The molecule has 4 N–H and O–H groups in total. The number of allylic oxidation sites excluding steroid dienone is 2. The number of aliphatic hydroxyl groups is 3. The van der Waals surface area contributed by atoms with Crippen molar-refractivity contribution in [1.29, 1.82) is 0 Å². The van der Waals surface area contributed by atoms with Crippen LogP contribution in [0.25, 0.3) is 0 Å². The Morgan fingerprint density at radius 3 is 2.43 bits per heavy atom. The Labute approximate surface area is 210 Å². The van der Waals surface area contributed by atoms with Gasteiger partial charge >= 0.3 is 5.97 Å². The lowest BCUT2D eigenvalue weighted by Gasteiger charge is -2.58. The Morgan fingerprint density at radius 1 is 1.11 bits per heavy atom. The molecule has 5 rings (SSSR count). The third-order valence-electron chi connectivity index (χ3n) is 12.3. The lowest BCUT2D eigenvalue weighted by Crippen LogP contribution is -2.62. The zero-order valence-corrected chi connectivity index (χ0v) is 22.3. The summed E-state index contributed by atoms with van der Waals surface area (Å²) >= 11 is 0. The summed E-state index contributed by atoms with van der Waals surface area (Å²) in [7, 11) is 0. The van der Waals surface area contributed by atoms with E-state index < -0.39 is 40.5 Å². The first-order chi connectivity index (χ1) is 16.3. The van der Waals surface area contributed by atoms with Gasteiger partial charge in [0.2, 0.25) is 0 Å². The number of fused-ring (bicyclic) bond motifs is 2. The van der Waals surface area contributed by atoms with Crippen LogP contribution < -0.4 is 0 Å². The van der Waals surface area contributed by atoms with Gasteiger partial charge in [0.1, 0.15) is 0 Å². The summed E-state index contributed by atoms with van der Waals surface area (Å²) < 4.78 is 0. The highest BCUT2D eigenvalue weighted by Gasteiger charge is 2.85. The molecule has 0 aromatic rings. The Balaban J connectivity index is 1.47. The molecule has 0 aromatic carbocycles. The molecule has 11 atom stereocenters. The van der Waals surface area contributed by atoms with E-state index in [9.17, 15) is 25.2 Å². The predicted octanol–water partition coefficient (Wildman–Crippen LogP) is 4.95. The van der Waals surface area contributed by atoms with Crippen LogP contribution in [0.1, 0.15) is 86.0 Å². The second kappa shape index (κ2) is 7.91. The van der Waals surface area contributed by atoms with Gasteiger partial charge in [-0.2, -0.15) is 0 Å². The fourth-order valence-electron chi connectivity index (χ4n) is 10.0. The third-order valence-corrected chi connectivity index (χ3v) is 12.3. The van der Waals surface area contributed by atoms with Gasteiger partial charge < -0.3 is 20.4 Å². The van der Waals surface area contributed by atoms with Crippen molar-refractivity contribution in [2.45, 2.75) is 104 Å². The summed E-state index contributed by atoms with van der Waals surface area (Å²) in [4.78, 5) is 12.4. The molecule has 35 heavy (non-hydrogen) atoms. The third kappa shape index (κ3) is 3.01. The van der Waals surface area contributed by atoms with E-state index in [1.165, 1.54) is 11.1 Å². The minimum atomic E-state index is -1.31. The molecule has 5 heteroatoms. The zero-order chi connectivity index (χ0) is 25.7. The van der Waals surface area contributed by atoms with E-state index >= 15 is 0 Å². The van der Waals surface area contributed by atoms with Gasteiger partial charge in [-0.25, -0.2) is 0 Å². The van der Waals surface area contributed by atoms with Gasteiger partial charge in [0.05, 0.1) is 23.7 Å². The van der Waals surface area contributed by atoms with Crippen LogP contribution in [0, 0.1) is 51.2 Å². The quantitative estimate of drug-likeness (QED) is 0.398. The molecule has 5 aliphatic carbocycles. The van der Waals surface area contributed by atoms with Gasteiger partial charge in [-0.05, 0) is 86.9 Å². The number of carbonyl (C=O) groups is 1. The van der Waals surface area contributed by atoms with Crippen molar-refractivity contribution in [3.63, 3.8) is 0 Å². The lowest BCUT2D eigenvalue weighted by molar-refractivity contribution is -0.191. The van der Waals surface area contributed by atoms with Gasteiger partial charge in [0.25, 0.3) is 0 Å². The second-order valence-electron chi connectivity index (χ2n) is 13.8. The van der Waals surface area contributed by atoms with Crippen molar-refractivity contribution in [2.24, 2.45) is 51.2 Å². The molecule has 5 nitrogen and oxygen atoms in total. The topological polar surface area (TPSA) is 98.0 Å². The number of carboxylic acid groups (broad SMARTS) is 1. The van der Waals surface area contributed by atoms with E-state index in [-0.39, 0.29) is 17.8 Å². The molecule has 0 radical (unpaired) electrons. The van der Waals surface area contributed by atoms with Gasteiger partial charge in [-0.15, -0.1) is 0 Å². The monoisotopic (exact) mass is 486 g/mol. The van der Waals surface area contributed by atoms with Crippen LogP contribution >= 0.6 is 0 Å². The molecule has 0 heterocycles. The van der Waals surface area contributed by atoms with Crippen LogP contribution in [0.2, 0.25) is 0 Å². The normalized spacial score (nSPS) is 50.9. The van der Waals surface area contributed by atoms with Crippen LogP contribution in [0.5, 0.6) is 0 Å². The summed E-state index contributed by atoms with van der Waals surface area (Å²) in [5.74, 6) is 0.615.